The van der Waals surface area contributed by atoms with E-state index in [1.807, 2.05) is 29.0 Å². The zero-order chi connectivity index (χ0) is 14.8. The van der Waals surface area contributed by atoms with Gasteiger partial charge in [-0.2, -0.15) is 0 Å². The Morgan fingerprint density at radius 1 is 1.33 bits per heavy atom. The third-order valence-electron chi connectivity index (χ3n) is 3.51. The lowest BCUT2D eigenvalue weighted by atomic mass is 10.2. The third kappa shape index (κ3) is 2.48. The van der Waals surface area contributed by atoms with Gasteiger partial charge in [-0.25, -0.2) is 9.37 Å². The Morgan fingerprint density at radius 3 is 2.90 bits per heavy atom. The molecule has 4 nitrogen and oxygen atoms in total. The molecule has 2 aromatic heterocycles. The highest BCUT2D eigenvalue weighted by Crippen LogP contribution is 2.22. The Morgan fingerprint density at radius 2 is 2.19 bits per heavy atom. The first-order valence-corrected chi connectivity index (χ1v) is 6.68. The highest BCUT2D eigenvalue weighted by Gasteiger charge is 2.10. The van der Waals surface area contributed by atoms with E-state index in [-0.39, 0.29) is 11.6 Å². The molecule has 0 saturated carbocycles. The van der Waals surface area contributed by atoms with Crippen LogP contribution in [0.3, 0.4) is 0 Å². The Labute approximate surface area is 122 Å². The van der Waals surface area contributed by atoms with Crippen LogP contribution in [0.25, 0.3) is 11.0 Å². The SMILES string of the molecule is COc1ccc(Cn2cc(CN)c3cccnc32)cc1F. The fraction of sp³-hybridized carbons (Fsp3) is 0.188. The molecule has 2 N–H and O–H groups in total. The number of halogens is 1. The summed E-state index contributed by atoms with van der Waals surface area (Å²) in [6.07, 6.45) is 3.72. The maximum absolute atomic E-state index is 13.8. The van der Waals surface area contributed by atoms with Crippen molar-refractivity contribution in [2.75, 3.05) is 7.11 Å². The molecule has 0 spiro atoms. The summed E-state index contributed by atoms with van der Waals surface area (Å²) in [6, 6.07) is 8.84. The molecule has 0 saturated heterocycles. The van der Waals surface area contributed by atoms with Crippen LogP contribution in [0.4, 0.5) is 4.39 Å². The maximum Gasteiger partial charge on any atom is 0.165 e. The summed E-state index contributed by atoms with van der Waals surface area (Å²) in [5.41, 5.74) is 8.50. The van der Waals surface area contributed by atoms with Crippen LogP contribution in [0.1, 0.15) is 11.1 Å². The molecular formula is C16H16FN3O. The number of aromatic nitrogens is 2. The number of hydrogen-bond acceptors (Lipinski definition) is 3. The van der Waals surface area contributed by atoms with Crippen LogP contribution in [0.5, 0.6) is 5.75 Å². The van der Waals surface area contributed by atoms with E-state index in [1.165, 1.54) is 13.2 Å². The van der Waals surface area contributed by atoms with Gasteiger partial charge in [0.05, 0.1) is 7.11 Å². The number of nitrogens with two attached hydrogens (primary N) is 1. The van der Waals surface area contributed by atoms with Crippen LogP contribution >= 0.6 is 0 Å². The summed E-state index contributed by atoms with van der Waals surface area (Å²) < 4.78 is 20.7. The van der Waals surface area contributed by atoms with E-state index in [1.54, 1.807) is 12.3 Å². The average Bonchev–Trinajstić information content (AvgIpc) is 2.86. The monoisotopic (exact) mass is 285 g/mol. The van der Waals surface area contributed by atoms with E-state index in [0.717, 1.165) is 22.2 Å². The number of nitrogens with zero attached hydrogens (tertiary/aromatic N) is 2. The van der Waals surface area contributed by atoms with E-state index in [4.69, 9.17) is 10.5 Å². The van der Waals surface area contributed by atoms with Crippen LogP contribution < -0.4 is 10.5 Å². The van der Waals surface area contributed by atoms with Crippen molar-refractivity contribution in [1.82, 2.24) is 9.55 Å². The van der Waals surface area contributed by atoms with Crippen molar-refractivity contribution in [3.8, 4) is 5.75 Å². The second kappa shape index (κ2) is 5.54. The van der Waals surface area contributed by atoms with Gasteiger partial charge in [0.1, 0.15) is 5.65 Å². The standard InChI is InChI=1S/C16H16FN3O/c1-21-15-5-4-11(7-14(15)17)9-20-10-12(8-18)13-3-2-6-19-16(13)20/h2-7,10H,8-9,18H2,1H3. The van der Waals surface area contributed by atoms with Gasteiger partial charge >= 0.3 is 0 Å². The second-order valence-corrected chi connectivity index (χ2v) is 4.83. The van der Waals surface area contributed by atoms with Crippen molar-refractivity contribution < 1.29 is 9.13 Å². The van der Waals surface area contributed by atoms with Gasteiger partial charge in [0, 0.05) is 30.9 Å². The van der Waals surface area contributed by atoms with Crippen LogP contribution in [0.2, 0.25) is 0 Å². The largest absolute Gasteiger partial charge is 0.494 e. The van der Waals surface area contributed by atoms with E-state index >= 15 is 0 Å². The number of methoxy groups -OCH3 is 1. The van der Waals surface area contributed by atoms with Crippen molar-refractivity contribution in [3.05, 3.63) is 59.7 Å². The predicted molar refractivity (Wildman–Crippen MR) is 79.7 cm³/mol. The Hall–Kier alpha value is -2.40. The van der Waals surface area contributed by atoms with E-state index in [2.05, 4.69) is 4.98 Å². The lowest BCUT2D eigenvalue weighted by Gasteiger charge is -2.07. The van der Waals surface area contributed by atoms with Gasteiger partial charge in [-0.3, -0.25) is 0 Å². The lowest BCUT2D eigenvalue weighted by Crippen LogP contribution is -2.00. The summed E-state index contributed by atoms with van der Waals surface area (Å²) in [4.78, 5) is 4.39. The molecule has 3 rings (SSSR count). The maximum atomic E-state index is 13.8. The van der Waals surface area contributed by atoms with Gasteiger partial charge in [-0.1, -0.05) is 6.07 Å². The number of benzene rings is 1. The van der Waals surface area contributed by atoms with Crippen LogP contribution in [-0.2, 0) is 13.1 Å². The van der Waals surface area contributed by atoms with Crippen molar-refractivity contribution >= 4 is 11.0 Å². The second-order valence-electron chi connectivity index (χ2n) is 4.83. The fourth-order valence-electron chi connectivity index (χ4n) is 2.48. The zero-order valence-electron chi connectivity index (χ0n) is 11.7. The van der Waals surface area contributed by atoms with Crippen LogP contribution in [-0.4, -0.2) is 16.7 Å². The van der Waals surface area contributed by atoms with E-state index in [9.17, 15) is 4.39 Å². The quantitative estimate of drug-likeness (QED) is 0.802. The molecule has 0 fully saturated rings. The number of fused-ring (bicyclic) bond motifs is 1. The van der Waals surface area contributed by atoms with Crippen LogP contribution in [0.15, 0.2) is 42.7 Å². The average molecular weight is 285 g/mol. The summed E-state index contributed by atoms with van der Waals surface area (Å²) >= 11 is 0. The summed E-state index contributed by atoms with van der Waals surface area (Å²) in [6.45, 7) is 0.987. The van der Waals surface area contributed by atoms with Gasteiger partial charge in [0.25, 0.3) is 0 Å². The minimum absolute atomic E-state index is 0.247. The van der Waals surface area contributed by atoms with Crippen molar-refractivity contribution in [1.29, 1.82) is 0 Å². The Kier molecular flexibility index (Phi) is 3.58. The molecule has 1 aromatic carbocycles. The first-order chi connectivity index (χ1) is 10.2. The van der Waals surface area contributed by atoms with E-state index < -0.39 is 0 Å². The molecule has 0 aliphatic heterocycles. The molecule has 5 heteroatoms. The molecule has 3 aromatic rings. The van der Waals surface area contributed by atoms with Crippen molar-refractivity contribution in [2.24, 2.45) is 5.73 Å². The first kappa shape index (κ1) is 13.6. The summed E-state index contributed by atoms with van der Waals surface area (Å²) in [5, 5.41) is 1.04. The lowest BCUT2D eigenvalue weighted by molar-refractivity contribution is 0.386. The smallest absolute Gasteiger partial charge is 0.165 e. The molecule has 0 aliphatic carbocycles. The molecule has 0 amide bonds. The number of pyridine rings is 1. The van der Waals surface area contributed by atoms with Gasteiger partial charge in [0.15, 0.2) is 11.6 Å². The predicted octanol–water partition coefficient (Wildman–Crippen LogP) is 2.69. The molecule has 21 heavy (non-hydrogen) atoms. The van der Waals surface area contributed by atoms with Crippen molar-refractivity contribution in [2.45, 2.75) is 13.1 Å². The Balaban J connectivity index is 2.00. The highest BCUT2D eigenvalue weighted by atomic mass is 19.1. The number of hydrogen-bond donors (Lipinski definition) is 1. The van der Waals surface area contributed by atoms with Gasteiger partial charge < -0.3 is 15.0 Å². The molecule has 2 heterocycles. The number of ether oxygens (including phenoxy) is 1. The first-order valence-electron chi connectivity index (χ1n) is 6.68. The highest BCUT2D eigenvalue weighted by molar-refractivity contribution is 5.80. The zero-order valence-corrected chi connectivity index (χ0v) is 11.7. The normalized spacial score (nSPS) is 11.0. The topological polar surface area (TPSA) is 53.1 Å². The molecule has 0 aliphatic rings. The van der Waals surface area contributed by atoms with E-state index in [0.29, 0.717) is 13.1 Å². The molecule has 108 valence electrons. The van der Waals surface area contributed by atoms with Crippen LogP contribution in [0, 0.1) is 5.82 Å². The third-order valence-corrected chi connectivity index (χ3v) is 3.51. The van der Waals surface area contributed by atoms with Gasteiger partial charge in [-0.05, 0) is 35.4 Å². The summed E-state index contributed by atoms with van der Waals surface area (Å²) in [5.74, 6) is -0.115. The molecule has 0 radical (unpaired) electrons. The van der Waals surface area contributed by atoms with Gasteiger partial charge in [0.2, 0.25) is 0 Å². The summed E-state index contributed by atoms with van der Waals surface area (Å²) in [7, 11) is 1.45. The molecular weight excluding hydrogens is 269 g/mol. The Bertz CT molecular complexity index is 782. The molecule has 0 unspecified atom stereocenters. The minimum atomic E-state index is -0.363. The van der Waals surface area contributed by atoms with Gasteiger partial charge in [-0.15, -0.1) is 0 Å². The molecule has 0 atom stereocenters. The minimum Gasteiger partial charge on any atom is -0.494 e. The molecule has 0 bridgehead atoms. The van der Waals surface area contributed by atoms with Crippen molar-refractivity contribution in [3.63, 3.8) is 0 Å². The number of rotatable bonds is 4. The fourth-order valence-corrected chi connectivity index (χ4v) is 2.48.